The van der Waals surface area contributed by atoms with Crippen LogP contribution < -0.4 is 16.2 Å². The molecule has 0 aromatic carbocycles. The topological polar surface area (TPSA) is 156 Å². The zero-order valence-electron chi connectivity index (χ0n) is 18.8. The van der Waals surface area contributed by atoms with E-state index >= 15 is 0 Å². The van der Waals surface area contributed by atoms with E-state index in [-0.39, 0.29) is 18.8 Å². The number of hydrogen-bond acceptors (Lipinski definition) is 8. The van der Waals surface area contributed by atoms with Gasteiger partial charge in [0.25, 0.3) is 5.56 Å². The van der Waals surface area contributed by atoms with Gasteiger partial charge in [0.2, 0.25) is 5.91 Å². The average Bonchev–Trinajstić information content (AvgIpc) is 3.20. The van der Waals surface area contributed by atoms with Crippen LogP contribution in [0.15, 0.2) is 28.0 Å². The van der Waals surface area contributed by atoms with Crippen LogP contribution in [-0.2, 0) is 26.3 Å². The molecular weight excluding hydrogens is 418 g/mol. The maximum atomic E-state index is 13.2. The third-order valence-electron chi connectivity index (χ3n) is 4.85. The van der Waals surface area contributed by atoms with Crippen molar-refractivity contribution in [2.24, 2.45) is 0 Å². The number of hydrogen-bond donors (Lipinski definition) is 3. The van der Waals surface area contributed by atoms with E-state index in [4.69, 9.17) is 9.63 Å². The van der Waals surface area contributed by atoms with Gasteiger partial charge in [-0.15, -0.1) is 0 Å². The van der Waals surface area contributed by atoms with Gasteiger partial charge in [0.1, 0.15) is 12.3 Å². The Bertz CT molecular complexity index is 1020. The highest BCUT2D eigenvalue weighted by atomic mass is 16.5. The first-order valence-corrected chi connectivity index (χ1v) is 10.2. The number of nitrogens with zero attached hydrogens (tertiary/aromatic N) is 3. The predicted octanol–water partition coefficient (Wildman–Crippen LogP) is 1.64. The number of anilines is 1. The molecule has 0 saturated heterocycles. The Balaban J connectivity index is 2.43. The fourth-order valence-electron chi connectivity index (χ4n) is 2.96. The monoisotopic (exact) mass is 447 g/mol. The predicted molar refractivity (Wildman–Crippen MR) is 115 cm³/mol. The van der Waals surface area contributed by atoms with Crippen LogP contribution in [0.3, 0.4) is 0 Å². The van der Waals surface area contributed by atoms with Gasteiger partial charge in [-0.2, -0.15) is 0 Å². The van der Waals surface area contributed by atoms with Crippen molar-refractivity contribution in [2.45, 2.75) is 71.5 Å². The zero-order valence-corrected chi connectivity index (χ0v) is 18.8. The summed E-state index contributed by atoms with van der Waals surface area (Å²) in [7, 11) is 0. The minimum absolute atomic E-state index is 0.0542. The van der Waals surface area contributed by atoms with E-state index < -0.39 is 47.1 Å². The van der Waals surface area contributed by atoms with Gasteiger partial charge < -0.3 is 20.3 Å². The van der Waals surface area contributed by atoms with Gasteiger partial charge in [-0.1, -0.05) is 32.9 Å². The Hall–Kier alpha value is -3.50. The highest BCUT2D eigenvalue weighted by Gasteiger charge is 2.28. The number of carboxylic acids is 1. The van der Waals surface area contributed by atoms with E-state index in [0.717, 1.165) is 0 Å². The third kappa shape index (κ3) is 6.25. The van der Waals surface area contributed by atoms with Crippen LogP contribution in [0.4, 0.5) is 5.82 Å². The van der Waals surface area contributed by atoms with Crippen LogP contribution in [0.2, 0.25) is 0 Å². The van der Waals surface area contributed by atoms with Crippen molar-refractivity contribution in [2.75, 3.05) is 5.32 Å². The molecule has 32 heavy (non-hydrogen) atoms. The van der Waals surface area contributed by atoms with Crippen molar-refractivity contribution in [3.8, 4) is 0 Å². The van der Waals surface area contributed by atoms with Crippen LogP contribution in [0, 0.1) is 0 Å². The molecule has 174 valence electrons. The molecule has 0 spiro atoms. The lowest BCUT2D eigenvalue weighted by Crippen LogP contribution is -2.46. The molecule has 0 bridgehead atoms. The lowest BCUT2D eigenvalue weighted by atomic mass is 9.92. The number of carbonyl (C=O) groups is 3. The molecule has 0 aliphatic rings. The van der Waals surface area contributed by atoms with E-state index in [1.807, 2.05) is 20.8 Å². The number of carbonyl (C=O) groups excluding carboxylic acids is 2. The van der Waals surface area contributed by atoms with Crippen molar-refractivity contribution >= 4 is 23.5 Å². The molecule has 0 saturated carbocycles. The zero-order chi connectivity index (χ0) is 24.1. The molecule has 0 aliphatic heterocycles. The van der Waals surface area contributed by atoms with Gasteiger partial charge in [-0.25, -0.2) is 4.98 Å². The molecule has 2 aromatic heterocycles. The Morgan fingerprint density at radius 2 is 1.97 bits per heavy atom. The Morgan fingerprint density at radius 3 is 2.47 bits per heavy atom. The summed E-state index contributed by atoms with van der Waals surface area (Å²) >= 11 is 0. The number of nitrogens with one attached hydrogen (secondary N) is 2. The fraction of sp³-hybridized carbons (Fsp3) is 0.524. The standard InChI is InChI=1S/C21H29N5O6/c1-6-15(19(30)24-14(12(2)27)7-17(28)29)26-10-16(21(3,4)5)25-18(20(26)31)22-8-13-9-23-32-11-13/h9-11,14-15H,6-8H2,1-5H3,(H,22,25)(H,24,30)(H,28,29)/t14-,15-/m0/s1. The van der Waals surface area contributed by atoms with Crippen LogP contribution in [0.25, 0.3) is 0 Å². The van der Waals surface area contributed by atoms with E-state index in [9.17, 15) is 19.2 Å². The van der Waals surface area contributed by atoms with E-state index in [2.05, 4.69) is 20.8 Å². The minimum atomic E-state index is -1.21. The summed E-state index contributed by atoms with van der Waals surface area (Å²) in [6.07, 6.45) is 4.17. The van der Waals surface area contributed by atoms with Crippen molar-refractivity contribution in [3.05, 3.63) is 40.3 Å². The molecule has 1 amide bonds. The second kappa shape index (κ2) is 10.2. The largest absolute Gasteiger partial charge is 0.481 e. The SMILES string of the molecule is CC[C@@H](C(=O)N[C@@H](CC(=O)O)C(C)=O)n1cc(C(C)(C)C)nc(NCc2cnoc2)c1=O. The molecule has 3 N–H and O–H groups in total. The molecule has 0 unspecified atom stereocenters. The number of aromatic nitrogens is 3. The smallest absolute Gasteiger partial charge is 0.305 e. The van der Waals surface area contributed by atoms with Crippen molar-refractivity contribution in [1.29, 1.82) is 0 Å². The summed E-state index contributed by atoms with van der Waals surface area (Å²) in [6, 6.07) is -2.14. The maximum absolute atomic E-state index is 13.2. The van der Waals surface area contributed by atoms with Crippen molar-refractivity contribution in [3.63, 3.8) is 0 Å². The number of Topliss-reactive ketones (excluding diaryl/α,β-unsaturated/α-hetero) is 1. The van der Waals surface area contributed by atoms with Crippen molar-refractivity contribution < 1.29 is 24.0 Å². The van der Waals surface area contributed by atoms with Gasteiger partial charge in [0.05, 0.1) is 24.4 Å². The molecule has 0 fully saturated rings. The van der Waals surface area contributed by atoms with Crippen molar-refractivity contribution in [1.82, 2.24) is 20.0 Å². The molecule has 2 atom stereocenters. The average molecular weight is 447 g/mol. The fourth-order valence-corrected chi connectivity index (χ4v) is 2.96. The molecule has 0 radical (unpaired) electrons. The van der Waals surface area contributed by atoms with Gasteiger partial charge in [-0.05, 0) is 13.3 Å². The number of rotatable bonds is 10. The number of carboxylic acid groups (broad SMARTS) is 1. The lowest BCUT2D eigenvalue weighted by molar-refractivity contribution is -0.140. The molecule has 11 heteroatoms. The maximum Gasteiger partial charge on any atom is 0.305 e. The van der Waals surface area contributed by atoms with Crippen LogP contribution >= 0.6 is 0 Å². The lowest BCUT2D eigenvalue weighted by Gasteiger charge is -2.25. The quantitative estimate of drug-likeness (QED) is 0.492. The number of ketones is 1. The molecule has 2 aromatic rings. The third-order valence-corrected chi connectivity index (χ3v) is 4.85. The van der Waals surface area contributed by atoms with Crippen LogP contribution in [0.1, 0.15) is 64.8 Å². The van der Waals surface area contributed by atoms with E-state index in [1.54, 1.807) is 6.92 Å². The summed E-state index contributed by atoms with van der Waals surface area (Å²) in [5, 5.41) is 18.1. The summed E-state index contributed by atoms with van der Waals surface area (Å²) in [5.74, 6) is -2.26. The number of amides is 1. The van der Waals surface area contributed by atoms with Gasteiger partial charge in [-0.3, -0.25) is 23.7 Å². The van der Waals surface area contributed by atoms with Gasteiger partial charge in [0.15, 0.2) is 11.6 Å². The van der Waals surface area contributed by atoms with Crippen LogP contribution in [-0.4, -0.2) is 43.5 Å². The van der Waals surface area contributed by atoms with E-state index in [1.165, 1.54) is 30.1 Å². The molecular formula is C21H29N5O6. The minimum Gasteiger partial charge on any atom is -0.481 e. The first kappa shape index (κ1) is 24.8. The summed E-state index contributed by atoms with van der Waals surface area (Å²) in [4.78, 5) is 53.4. The number of aliphatic carboxylic acids is 1. The van der Waals surface area contributed by atoms with Gasteiger partial charge >= 0.3 is 5.97 Å². The van der Waals surface area contributed by atoms with E-state index in [0.29, 0.717) is 11.3 Å². The highest BCUT2D eigenvalue weighted by molar-refractivity contribution is 5.91. The Kier molecular flexibility index (Phi) is 7.90. The Morgan fingerprint density at radius 1 is 1.28 bits per heavy atom. The highest BCUT2D eigenvalue weighted by Crippen LogP contribution is 2.22. The molecule has 11 nitrogen and oxygen atoms in total. The second-order valence-electron chi connectivity index (χ2n) is 8.52. The van der Waals surface area contributed by atoms with Gasteiger partial charge in [0, 0.05) is 23.7 Å². The molecule has 2 rings (SSSR count). The second-order valence-corrected chi connectivity index (χ2v) is 8.52. The molecule has 0 aliphatic carbocycles. The summed E-state index contributed by atoms with van der Waals surface area (Å²) in [6.45, 7) is 8.94. The molecule has 2 heterocycles. The first-order valence-electron chi connectivity index (χ1n) is 10.2. The summed E-state index contributed by atoms with van der Waals surface area (Å²) in [5.41, 5.74) is 0.337. The normalized spacial score (nSPS) is 13.3. The first-order chi connectivity index (χ1) is 14.9. The van der Waals surface area contributed by atoms with Crippen LogP contribution in [0.5, 0.6) is 0 Å². The Labute approximate surface area is 185 Å². The summed E-state index contributed by atoms with van der Waals surface area (Å²) < 4.78 is 6.06.